The molecule has 0 spiro atoms. The van der Waals surface area contributed by atoms with Gasteiger partial charge in [-0.1, -0.05) is 19.1 Å². The SMILES string of the molecule is CCCNc1nccc(C(=O)Nc2ccccc2C(=O)OC)n1. The van der Waals surface area contributed by atoms with Gasteiger partial charge in [0.2, 0.25) is 5.95 Å². The molecular weight excluding hydrogens is 296 g/mol. The Labute approximate surface area is 134 Å². The van der Waals surface area contributed by atoms with E-state index in [0.717, 1.165) is 13.0 Å². The third kappa shape index (κ3) is 4.26. The van der Waals surface area contributed by atoms with Gasteiger partial charge in [-0.15, -0.1) is 0 Å². The third-order valence-corrected chi connectivity index (χ3v) is 3.00. The summed E-state index contributed by atoms with van der Waals surface area (Å²) in [7, 11) is 1.29. The van der Waals surface area contributed by atoms with Crippen LogP contribution >= 0.6 is 0 Å². The van der Waals surface area contributed by atoms with Gasteiger partial charge in [-0.25, -0.2) is 14.8 Å². The van der Waals surface area contributed by atoms with Gasteiger partial charge in [0.15, 0.2) is 0 Å². The standard InChI is InChI=1S/C16H18N4O3/c1-3-9-17-16-18-10-8-13(20-16)14(21)19-12-7-5-4-6-11(12)15(22)23-2/h4-8,10H,3,9H2,1-2H3,(H,19,21)(H,17,18,20). The van der Waals surface area contributed by atoms with Gasteiger partial charge < -0.3 is 15.4 Å². The minimum absolute atomic E-state index is 0.207. The van der Waals surface area contributed by atoms with Crippen LogP contribution in [0.25, 0.3) is 0 Å². The molecule has 2 aromatic rings. The normalized spacial score (nSPS) is 10.0. The molecule has 1 amide bonds. The second-order valence-corrected chi connectivity index (χ2v) is 4.68. The molecule has 1 aromatic heterocycles. The molecule has 2 N–H and O–H groups in total. The lowest BCUT2D eigenvalue weighted by atomic mass is 10.1. The Bertz CT molecular complexity index is 703. The van der Waals surface area contributed by atoms with Crippen LogP contribution in [0, 0.1) is 0 Å². The van der Waals surface area contributed by atoms with Gasteiger partial charge in [0.25, 0.3) is 5.91 Å². The molecule has 120 valence electrons. The lowest BCUT2D eigenvalue weighted by Gasteiger charge is -2.10. The maximum Gasteiger partial charge on any atom is 0.339 e. The molecule has 0 aliphatic rings. The molecule has 7 nitrogen and oxygen atoms in total. The molecule has 1 heterocycles. The van der Waals surface area contributed by atoms with E-state index in [-0.39, 0.29) is 11.3 Å². The van der Waals surface area contributed by atoms with E-state index in [1.54, 1.807) is 24.3 Å². The van der Waals surface area contributed by atoms with Crippen molar-refractivity contribution in [3.63, 3.8) is 0 Å². The number of carbonyl (C=O) groups is 2. The number of hydrogen-bond acceptors (Lipinski definition) is 6. The number of carbonyl (C=O) groups excluding carboxylic acids is 2. The number of ether oxygens (including phenoxy) is 1. The van der Waals surface area contributed by atoms with Crippen molar-refractivity contribution in [1.29, 1.82) is 0 Å². The van der Waals surface area contributed by atoms with Gasteiger partial charge >= 0.3 is 5.97 Å². The fourth-order valence-electron chi connectivity index (χ4n) is 1.87. The third-order valence-electron chi connectivity index (χ3n) is 3.00. The Morgan fingerprint density at radius 1 is 1.22 bits per heavy atom. The van der Waals surface area contributed by atoms with Crippen molar-refractivity contribution in [2.45, 2.75) is 13.3 Å². The summed E-state index contributed by atoms with van der Waals surface area (Å²) in [4.78, 5) is 32.2. The Balaban J connectivity index is 2.18. The van der Waals surface area contributed by atoms with Crippen LogP contribution in [0.15, 0.2) is 36.5 Å². The largest absolute Gasteiger partial charge is 0.465 e. The van der Waals surface area contributed by atoms with Crippen LogP contribution in [0.2, 0.25) is 0 Å². The number of hydrogen-bond donors (Lipinski definition) is 2. The maximum atomic E-state index is 12.3. The molecule has 0 saturated heterocycles. The first kappa shape index (κ1) is 16.4. The Kier molecular flexibility index (Phi) is 5.62. The van der Waals surface area contributed by atoms with E-state index in [2.05, 4.69) is 20.6 Å². The summed E-state index contributed by atoms with van der Waals surface area (Å²) in [6.07, 6.45) is 2.43. The average Bonchev–Trinajstić information content (AvgIpc) is 2.60. The van der Waals surface area contributed by atoms with Crippen molar-refractivity contribution in [2.24, 2.45) is 0 Å². The molecule has 0 aliphatic heterocycles. The van der Waals surface area contributed by atoms with Crippen LogP contribution in [0.1, 0.15) is 34.2 Å². The summed E-state index contributed by atoms with van der Waals surface area (Å²) in [6.45, 7) is 2.74. The number of benzene rings is 1. The van der Waals surface area contributed by atoms with Crippen molar-refractivity contribution in [1.82, 2.24) is 9.97 Å². The number of anilines is 2. The van der Waals surface area contributed by atoms with E-state index < -0.39 is 11.9 Å². The second-order valence-electron chi connectivity index (χ2n) is 4.68. The Morgan fingerprint density at radius 2 is 2.00 bits per heavy atom. The summed E-state index contributed by atoms with van der Waals surface area (Å²) < 4.78 is 4.70. The summed E-state index contributed by atoms with van der Waals surface area (Å²) in [6, 6.07) is 8.13. The zero-order valence-corrected chi connectivity index (χ0v) is 13.0. The molecule has 0 fully saturated rings. The lowest BCUT2D eigenvalue weighted by Crippen LogP contribution is -2.17. The predicted octanol–water partition coefficient (Wildman–Crippen LogP) is 2.34. The lowest BCUT2D eigenvalue weighted by molar-refractivity contribution is 0.0602. The molecular formula is C16H18N4O3. The summed E-state index contributed by atoms with van der Waals surface area (Å²) in [5, 5.41) is 5.68. The molecule has 0 aliphatic carbocycles. The molecule has 23 heavy (non-hydrogen) atoms. The number of methoxy groups -OCH3 is 1. The van der Waals surface area contributed by atoms with Gasteiger partial charge in [-0.3, -0.25) is 4.79 Å². The molecule has 0 atom stereocenters. The predicted molar refractivity (Wildman–Crippen MR) is 86.5 cm³/mol. The van der Waals surface area contributed by atoms with Gasteiger partial charge in [0, 0.05) is 12.7 Å². The van der Waals surface area contributed by atoms with Gasteiger partial charge in [-0.05, 0) is 24.6 Å². The highest BCUT2D eigenvalue weighted by atomic mass is 16.5. The van der Waals surface area contributed by atoms with Crippen molar-refractivity contribution < 1.29 is 14.3 Å². The first-order valence-electron chi connectivity index (χ1n) is 7.21. The number of esters is 1. The van der Waals surface area contributed by atoms with Crippen LogP contribution in [-0.4, -0.2) is 35.5 Å². The minimum Gasteiger partial charge on any atom is -0.465 e. The summed E-state index contributed by atoms with van der Waals surface area (Å²) in [5.74, 6) is -0.557. The highest BCUT2D eigenvalue weighted by molar-refractivity contribution is 6.07. The molecule has 0 bridgehead atoms. The first-order chi connectivity index (χ1) is 11.2. The van der Waals surface area contributed by atoms with E-state index in [1.165, 1.54) is 19.4 Å². The van der Waals surface area contributed by atoms with Crippen LogP contribution in [-0.2, 0) is 4.74 Å². The van der Waals surface area contributed by atoms with Crippen molar-refractivity contribution in [3.8, 4) is 0 Å². The number of para-hydroxylation sites is 1. The summed E-state index contributed by atoms with van der Waals surface area (Å²) in [5.41, 5.74) is 0.853. The number of aromatic nitrogens is 2. The summed E-state index contributed by atoms with van der Waals surface area (Å²) >= 11 is 0. The van der Waals surface area contributed by atoms with Crippen LogP contribution in [0.5, 0.6) is 0 Å². The Morgan fingerprint density at radius 3 is 2.74 bits per heavy atom. The average molecular weight is 314 g/mol. The smallest absolute Gasteiger partial charge is 0.339 e. The van der Waals surface area contributed by atoms with Crippen LogP contribution < -0.4 is 10.6 Å². The van der Waals surface area contributed by atoms with Crippen molar-refractivity contribution in [3.05, 3.63) is 47.8 Å². The highest BCUT2D eigenvalue weighted by Crippen LogP contribution is 2.17. The monoisotopic (exact) mass is 314 g/mol. The van der Waals surface area contributed by atoms with E-state index in [1.807, 2.05) is 6.92 Å². The zero-order valence-electron chi connectivity index (χ0n) is 13.0. The quantitative estimate of drug-likeness (QED) is 0.795. The van der Waals surface area contributed by atoms with Crippen molar-refractivity contribution in [2.75, 3.05) is 24.3 Å². The number of amides is 1. The fourth-order valence-corrected chi connectivity index (χ4v) is 1.87. The number of nitrogens with one attached hydrogen (secondary N) is 2. The molecule has 7 heteroatoms. The van der Waals surface area contributed by atoms with E-state index in [9.17, 15) is 9.59 Å². The molecule has 0 saturated carbocycles. The van der Waals surface area contributed by atoms with Crippen molar-refractivity contribution >= 4 is 23.5 Å². The van der Waals surface area contributed by atoms with E-state index in [4.69, 9.17) is 4.74 Å². The molecule has 0 unspecified atom stereocenters. The molecule has 2 rings (SSSR count). The van der Waals surface area contributed by atoms with Crippen LogP contribution in [0.3, 0.4) is 0 Å². The zero-order chi connectivity index (χ0) is 16.7. The fraction of sp³-hybridized carbons (Fsp3) is 0.250. The van der Waals surface area contributed by atoms with E-state index in [0.29, 0.717) is 11.6 Å². The first-order valence-corrected chi connectivity index (χ1v) is 7.21. The van der Waals surface area contributed by atoms with Gasteiger partial charge in [-0.2, -0.15) is 0 Å². The van der Waals surface area contributed by atoms with Gasteiger partial charge in [0.05, 0.1) is 18.4 Å². The highest BCUT2D eigenvalue weighted by Gasteiger charge is 2.15. The molecule has 1 aromatic carbocycles. The van der Waals surface area contributed by atoms with E-state index >= 15 is 0 Å². The van der Waals surface area contributed by atoms with Gasteiger partial charge in [0.1, 0.15) is 5.69 Å². The maximum absolute atomic E-state index is 12.3. The topological polar surface area (TPSA) is 93.2 Å². The van der Waals surface area contributed by atoms with Crippen LogP contribution in [0.4, 0.5) is 11.6 Å². The number of rotatable bonds is 6. The second kappa shape index (κ2) is 7.88. The number of nitrogens with zero attached hydrogens (tertiary/aromatic N) is 2. The minimum atomic E-state index is -0.520. The Hall–Kier alpha value is -2.96. The molecule has 0 radical (unpaired) electrons.